The Bertz CT molecular complexity index is 201. The molecule has 5 nitrogen and oxygen atoms in total. The number of hydrogen-bond acceptors (Lipinski definition) is 5. The van der Waals surface area contributed by atoms with Crippen LogP contribution >= 0.6 is 11.8 Å². The SMILES string of the molecule is CC(=O)N[C@H](C=O)CSCCC(O)CO. The molecule has 0 aromatic carbocycles. The van der Waals surface area contributed by atoms with Crippen molar-refractivity contribution in [2.24, 2.45) is 0 Å². The van der Waals surface area contributed by atoms with E-state index >= 15 is 0 Å². The molecule has 0 spiro atoms. The summed E-state index contributed by atoms with van der Waals surface area (Å²) in [5.74, 6) is 0.899. The van der Waals surface area contributed by atoms with E-state index in [1.54, 1.807) is 0 Å². The van der Waals surface area contributed by atoms with Crippen LogP contribution in [0.4, 0.5) is 0 Å². The highest BCUT2D eigenvalue weighted by Crippen LogP contribution is 2.06. The maximum Gasteiger partial charge on any atom is 0.217 e. The Kier molecular flexibility index (Phi) is 8.35. The van der Waals surface area contributed by atoms with Crippen LogP contribution in [0.15, 0.2) is 0 Å². The van der Waals surface area contributed by atoms with Crippen LogP contribution in [0.1, 0.15) is 13.3 Å². The van der Waals surface area contributed by atoms with Crippen LogP contribution in [-0.2, 0) is 9.59 Å². The fourth-order valence-corrected chi connectivity index (χ4v) is 1.92. The largest absolute Gasteiger partial charge is 0.394 e. The minimum atomic E-state index is -0.701. The Morgan fingerprint density at radius 1 is 1.60 bits per heavy atom. The van der Waals surface area contributed by atoms with E-state index in [0.717, 1.165) is 0 Å². The second-order valence-corrected chi connectivity index (χ2v) is 4.29. The van der Waals surface area contributed by atoms with Crippen LogP contribution in [0.2, 0.25) is 0 Å². The van der Waals surface area contributed by atoms with Gasteiger partial charge in [0.25, 0.3) is 0 Å². The lowest BCUT2D eigenvalue weighted by Crippen LogP contribution is -2.36. The van der Waals surface area contributed by atoms with Gasteiger partial charge in [0.1, 0.15) is 6.29 Å². The topological polar surface area (TPSA) is 86.6 Å². The minimum absolute atomic E-state index is 0.233. The fourth-order valence-electron chi connectivity index (χ4n) is 0.897. The molecule has 0 aromatic rings. The molecule has 15 heavy (non-hydrogen) atoms. The highest BCUT2D eigenvalue weighted by Gasteiger charge is 2.08. The van der Waals surface area contributed by atoms with Crippen molar-refractivity contribution in [3.63, 3.8) is 0 Å². The maximum atomic E-state index is 10.6. The number of carbonyl (C=O) groups excluding carboxylic acids is 2. The summed E-state index contributed by atoms with van der Waals surface area (Å²) < 4.78 is 0. The smallest absolute Gasteiger partial charge is 0.217 e. The Balaban J connectivity index is 3.54. The van der Waals surface area contributed by atoms with Gasteiger partial charge in [-0.2, -0.15) is 11.8 Å². The van der Waals surface area contributed by atoms with Crippen molar-refractivity contribution in [2.75, 3.05) is 18.1 Å². The van der Waals surface area contributed by atoms with E-state index in [1.807, 2.05) is 0 Å². The van der Waals surface area contributed by atoms with Crippen LogP contribution in [0.3, 0.4) is 0 Å². The predicted molar refractivity (Wildman–Crippen MR) is 58.7 cm³/mol. The third-order valence-electron chi connectivity index (χ3n) is 1.66. The van der Waals surface area contributed by atoms with Gasteiger partial charge in [0.05, 0.1) is 18.8 Å². The Hall–Kier alpha value is -0.590. The Morgan fingerprint density at radius 2 is 2.27 bits per heavy atom. The van der Waals surface area contributed by atoms with E-state index < -0.39 is 12.1 Å². The summed E-state index contributed by atoms with van der Waals surface area (Å²) in [4.78, 5) is 21.2. The predicted octanol–water partition coefficient (Wildman–Crippen LogP) is -0.834. The number of carbonyl (C=O) groups is 2. The molecule has 6 heteroatoms. The zero-order valence-electron chi connectivity index (χ0n) is 8.68. The van der Waals surface area contributed by atoms with Crippen molar-refractivity contribution in [1.29, 1.82) is 0 Å². The number of amides is 1. The average Bonchev–Trinajstić information content (AvgIpc) is 2.21. The highest BCUT2D eigenvalue weighted by atomic mass is 32.2. The third kappa shape index (κ3) is 8.41. The fraction of sp³-hybridized carbons (Fsp3) is 0.778. The van der Waals surface area contributed by atoms with Crippen LogP contribution in [0.25, 0.3) is 0 Å². The number of aliphatic hydroxyl groups is 2. The first kappa shape index (κ1) is 14.4. The first-order valence-electron chi connectivity index (χ1n) is 4.69. The molecular weight excluding hydrogens is 218 g/mol. The molecule has 0 saturated carbocycles. The van der Waals surface area contributed by atoms with Gasteiger partial charge in [-0.15, -0.1) is 0 Å². The monoisotopic (exact) mass is 235 g/mol. The van der Waals surface area contributed by atoms with E-state index in [-0.39, 0.29) is 12.5 Å². The molecule has 0 aliphatic rings. The molecule has 3 N–H and O–H groups in total. The molecule has 0 heterocycles. The van der Waals surface area contributed by atoms with Crippen molar-refractivity contribution in [3.8, 4) is 0 Å². The van der Waals surface area contributed by atoms with Crippen LogP contribution in [0, 0.1) is 0 Å². The van der Waals surface area contributed by atoms with E-state index in [2.05, 4.69) is 5.32 Å². The summed E-state index contributed by atoms with van der Waals surface area (Å²) in [5, 5.41) is 20.1. The zero-order valence-corrected chi connectivity index (χ0v) is 9.50. The van der Waals surface area contributed by atoms with Crippen molar-refractivity contribution in [1.82, 2.24) is 5.32 Å². The lowest BCUT2D eigenvalue weighted by Gasteiger charge is -2.11. The van der Waals surface area contributed by atoms with Gasteiger partial charge in [-0.25, -0.2) is 0 Å². The lowest BCUT2D eigenvalue weighted by atomic mass is 10.3. The van der Waals surface area contributed by atoms with Gasteiger partial charge in [0.15, 0.2) is 0 Å². The van der Waals surface area contributed by atoms with Crippen molar-refractivity contribution in [3.05, 3.63) is 0 Å². The minimum Gasteiger partial charge on any atom is -0.394 e. The molecule has 0 fully saturated rings. The standard InChI is InChI=1S/C9H17NO4S/c1-7(13)10-8(4-11)6-15-3-2-9(14)5-12/h4,8-9,12,14H,2-3,5-6H2,1H3,(H,10,13)/t8-,9?/m1/s1. The van der Waals surface area contributed by atoms with Gasteiger partial charge in [-0.1, -0.05) is 0 Å². The summed E-state index contributed by atoms with van der Waals surface area (Å²) in [5.41, 5.74) is 0. The summed E-state index contributed by atoms with van der Waals surface area (Å²) in [6, 6.07) is -0.473. The lowest BCUT2D eigenvalue weighted by molar-refractivity contribution is -0.121. The molecule has 2 atom stereocenters. The number of nitrogens with one attached hydrogen (secondary N) is 1. The van der Waals surface area contributed by atoms with E-state index in [4.69, 9.17) is 10.2 Å². The van der Waals surface area contributed by atoms with Gasteiger partial charge in [0, 0.05) is 12.7 Å². The molecule has 0 rings (SSSR count). The van der Waals surface area contributed by atoms with Crippen molar-refractivity contribution < 1.29 is 19.8 Å². The van der Waals surface area contributed by atoms with E-state index in [9.17, 15) is 9.59 Å². The number of thioether (sulfide) groups is 1. The zero-order chi connectivity index (χ0) is 11.7. The molecule has 0 aromatic heterocycles. The summed E-state index contributed by atoms with van der Waals surface area (Å²) in [6.07, 6.45) is 0.469. The van der Waals surface area contributed by atoms with Crippen molar-refractivity contribution >= 4 is 24.0 Å². The Labute approximate surface area is 93.2 Å². The molecule has 1 unspecified atom stereocenters. The molecule has 0 aliphatic heterocycles. The highest BCUT2D eigenvalue weighted by molar-refractivity contribution is 7.99. The second kappa shape index (κ2) is 8.70. The average molecular weight is 235 g/mol. The molecule has 0 saturated heterocycles. The van der Waals surface area contributed by atoms with Gasteiger partial charge < -0.3 is 20.3 Å². The first-order valence-corrected chi connectivity index (χ1v) is 5.84. The maximum absolute atomic E-state index is 10.6. The third-order valence-corrected chi connectivity index (χ3v) is 2.78. The molecule has 0 aliphatic carbocycles. The normalized spacial score (nSPS) is 14.3. The van der Waals surface area contributed by atoms with Gasteiger partial charge in [-0.05, 0) is 12.2 Å². The number of aliphatic hydroxyl groups excluding tert-OH is 2. The van der Waals surface area contributed by atoms with Crippen LogP contribution in [0.5, 0.6) is 0 Å². The molecule has 88 valence electrons. The van der Waals surface area contributed by atoms with E-state index in [1.165, 1.54) is 18.7 Å². The number of rotatable bonds is 8. The summed E-state index contributed by atoms with van der Waals surface area (Å²) in [7, 11) is 0. The Morgan fingerprint density at radius 3 is 2.73 bits per heavy atom. The summed E-state index contributed by atoms with van der Waals surface area (Å²) >= 11 is 1.45. The van der Waals surface area contributed by atoms with E-state index in [0.29, 0.717) is 24.2 Å². The van der Waals surface area contributed by atoms with Gasteiger partial charge >= 0.3 is 0 Å². The molecule has 1 amide bonds. The summed E-state index contributed by atoms with van der Waals surface area (Å²) in [6.45, 7) is 1.11. The first-order chi connectivity index (χ1) is 7.10. The molecule has 0 bridgehead atoms. The second-order valence-electron chi connectivity index (χ2n) is 3.14. The number of aldehydes is 1. The van der Waals surface area contributed by atoms with Crippen molar-refractivity contribution in [2.45, 2.75) is 25.5 Å². The quantitative estimate of drug-likeness (QED) is 0.377. The molecular formula is C9H17NO4S. The van der Waals surface area contributed by atoms with Gasteiger partial charge in [0.2, 0.25) is 5.91 Å². The number of hydrogen-bond donors (Lipinski definition) is 3. The van der Waals surface area contributed by atoms with Crippen LogP contribution in [-0.4, -0.2) is 52.7 Å². The van der Waals surface area contributed by atoms with Crippen LogP contribution < -0.4 is 5.32 Å². The molecule has 0 radical (unpaired) electrons. The van der Waals surface area contributed by atoms with Gasteiger partial charge in [-0.3, -0.25) is 4.79 Å².